The molecule has 2 aromatic heterocycles. The van der Waals surface area contributed by atoms with E-state index in [-0.39, 0.29) is 0 Å². The van der Waals surface area contributed by atoms with Gasteiger partial charge >= 0.3 is 0 Å². The monoisotopic (exact) mass is 334 g/mol. The van der Waals surface area contributed by atoms with Crippen LogP contribution in [0.4, 0.5) is 0 Å². The molecular weight excluding hydrogens is 316 g/mol. The van der Waals surface area contributed by atoms with E-state index in [1.165, 1.54) is 16.8 Å². The molecule has 0 saturated heterocycles. The lowest BCUT2D eigenvalue weighted by Gasteiger charge is -2.12. The Bertz CT molecular complexity index is 999. The summed E-state index contributed by atoms with van der Waals surface area (Å²) in [6, 6.07) is 14.8. The van der Waals surface area contributed by atoms with E-state index in [2.05, 4.69) is 68.2 Å². The predicted octanol–water partition coefficient (Wildman–Crippen LogP) is 4.37. The summed E-state index contributed by atoms with van der Waals surface area (Å²) in [5, 5.41) is 0.997. The summed E-state index contributed by atoms with van der Waals surface area (Å²) in [5.74, 6) is 0.949. The highest BCUT2D eigenvalue weighted by Gasteiger charge is 2.11. The average Bonchev–Trinajstić information content (AvgIpc) is 3.21. The minimum Gasteiger partial charge on any atom is -0.342 e. The van der Waals surface area contributed by atoms with E-state index in [0.717, 1.165) is 28.4 Å². The first kappa shape index (κ1) is 15.0. The van der Waals surface area contributed by atoms with E-state index >= 15 is 0 Å². The van der Waals surface area contributed by atoms with E-state index in [0.29, 0.717) is 0 Å². The number of para-hydroxylation sites is 2. The second-order valence-electron chi connectivity index (χ2n) is 5.72. The van der Waals surface area contributed by atoms with Crippen LogP contribution < -0.4 is 0 Å². The molecule has 5 heteroatoms. The summed E-state index contributed by atoms with van der Waals surface area (Å²) in [5.41, 5.74) is 5.81. The van der Waals surface area contributed by atoms with E-state index in [1.807, 2.05) is 19.3 Å². The van der Waals surface area contributed by atoms with Gasteiger partial charge in [-0.1, -0.05) is 42.1 Å². The number of hydrogen-bond acceptors (Lipinski definition) is 3. The Labute approximate surface area is 145 Å². The summed E-state index contributed by atoms with van der Waals surface area (Å²) in [6.45, 7) is 1.99. The fraction of sp³-hybridized carbons (Fsp3) is 0.158. The van der Waals surface area contributed by atoms with E-state index in [1.54, 1.807) is 11.8 Å². The maximum Gasteiger partial charge on any atom is 0.172 e. The molecule has 0 unspecified atom stereocenters. The fourth-order valence-corrected chi connectivity index (χ4v) is 3.60. The van der Waals surface area contributed by atoms with Crippen molar-refractivity contribution < 1.29 is 0 Å². The quantitative estimate of drug-likeness (QED) is 0.564. The minimum atomic E-state index is 0.837. The normalized spacial score (nSPS) is 11.2. The van der Waals surface area contributed by atoms with Crippen molar-refractivity contribution in [3.05, 3.63) is 71.8 Å². The van der Waals surface area contributed by atoms with Gasteiger partial charge in [0.2, 0.25) is 0 Å². The van der Waals surface area contributed by atoms with Crippen molar-refractivity contribution in [2.75, 3.05) is 6.26 Å². The van der Waals surface area contributed by atoms with Crippen LogP contribution in [-0.2, 0) is 6.42 Å². The van der Waals surface area contributed by atoms with Gasteiger partial charge in [-0.3, -0.25) is 4.57 Å². The highest BCUT2D eigenvalue weighted by atomic mass is 32.2. The number of aromatic amines is 1. The second-order valence-corrected chi connectivity index (χ2v) is 6.50. The summed E-state index contributed by atoms with van der Waals surface area (Å²) >= 11 is 1.65. The van der Waals surface area contributed by atoms with Crippen molar-refractivity contribution >= 4 is 22.8 Å². The molecule has 4 aromatic rings. The van der Waals surface area contributed by atoms with Crippen LogP contribution in [0.15, 0.2) is 60.0 Å². The van der Waals surface area contributed by atoms with Gasteiger partial charge in [-0.2, -0.15) is 0 Å². The molecule has 2 heterocycles. The van der Waals surface area contributed by atoms with Crippen molar-refractivity contribution in [3.8, 4) is 5.69 Å². The van der Waals surface area contributed by atoms with Crippen LogP contribution >= 0.6 is 11.8 Å². The molecule has 120 valence electrons. The Hall–Kier alpha value is -2.53. The number of rotatable bonds is 4. The van der Waals surface area contributed by atoms with E-state index in [9.17, 15) is 0 Å². The summed E-state index contributed by atoms with van der Waals surface area (Å²) < 4.78 is 2.15. The zero-order valence-electron chi connectivity index (χ0n) is 13.7. The lowest BCUT2D eigenvalue weighted by atomic mass is 10.0. The van der Waals surface area contributed by atoms with Gasteiger partial charge in [0.05, 0.1) is 16.7 Å². The fourth-order valence-electron chi connectivity index (χ4n) is 3.08. The molecule has 0 fully saturated rings. The predicted molar refractivity (Wildman–Crippen MR) is 99.0 cm³/mol. The second kappa shape index (κ2) is 6.17. The number of imidazole rings is 2. The van der Waals surface area contributed by atoms with Crippen LogP contribution in [0.25, 0.3) is 16.7 Å². The topological polar surface area (TPSA) is 46.5 Å². The van der Waals surface area contributed by atoms with Gasteiger partial charge in [0.25, 0.3) is 0 Å². The van der Waals surface area contributed by atoms with Gasteiger partial charge in [-0.05, 0) is 36.4 Å². The van der Waals surface area contributed by atoms with Gasteiger partial charge in [-0.15, -0.1) is 0 Å². The standard InChI is InChI=1S/C19H18N4S/c1-13-21-16-8-5-7-15(18(16)22-13)12-14-6-3-4-9-17(14)23-11-10-20-19(23)24-2/h3-11H,12H2,1-2H3,(H,21,22). The van der Waals surface area contributed by atoms with Gasteiger partial charge in [0.15, 0.2) is 5.16 Å². The summed E-state index contributed by atoms with van der Waals surface area (Å²) in [4.78, 5) is 12.4. The summed E-state index contributed by atoms with van der Waals surface area (Å²) in [7, 11) is 0. The summed E-state index contributed by atoms with van der Waals surface area (Å²) in [6.07, 6.45) is 6.75. The van der Waals surface area contributed by atoms with Crippen LogP contribution in [0.5, 0.6) is 0 Å². The van der Waals surface area contributed by atoms with Crippen LogP contribution in [-0.4, -0.2) is 25.8 Å². The first-order chi connectivity index (χ1) is 11.8. The number of fused-ring (bicyclic) bond motifs is 1. The molecular formula is C19H18N4S. The van der Waals surface area contributed by atoms with Crippen LogP contribution in [0.3, 0.4) is 0 Å². The number of thioether (sulfide) groups is 1. The molecule has 0 saturated carbocycles. The molecule has 24 heavy (non-hydrogen) atoms. The van der Waals surface area contributed by atoms with Crippen molar-refractivity contribution in [3.63, 3.8) is 0 Å². The van der Waals surface area contributed by atoms with Crippen molar-refractivity contribution in [1.82, 2.24) is 19.5 Å². The van der Waals surface area contributed by atoms with Gasteiger partial charge in [0, 0.05) is 18.8 Å². The maximum absolute atomic E-state index is 4.66. The third-order valence-electron chi connectivity index (χ3n) is 4.14. The first-order valence-electron chi connectivity index (χ1n) is 7.86. The lowest BCUT2D eigenvalue weighted by molar-refractivity contribution is 0.884. The van der Waals surface area contributed by atoms with Gasteiger partial charge in [0.1, 0.15) is 5.82 Å². The molecule has 0 aliphatic heterocycles. The third kappa shape index (κ3) is 2.61. The Morgan fingerprint density at radius 3 is 2.79 bits per heavy atom. The van der Waals surface area contributed by atoms with E-state index < -0.39 is 0 Å². The molecule has 0 radical (unpaired) electrons. The lowest BCUT2D eigenvalue weighted by Crippen LogP contribution is -2.01. The zero-order valence-corrected chi connectivity index (χ0v) is 14.5. The largest absolute Gasteiger partial charge is 0.342 e. The molecule has 2 aromatic carbocycles. The minimum absolute atomic E-state index is 0.837. The number of hydrogen-bond donors (Lipinski definition) is 1. The maximum atomic E-state index is 4.66. The third-order valence-corrected chi connectivity index (χ3v) is 4.80. The molecule has 0 bridgehead atoms. The molecule has 0 spiro atoms. The molecule has 4 rings (SSSR count). The first-order valence-corrected chi connectivity index (χ1v) is 9.08. The Kier molecular flexibility index (Phi) is 3.86. The average molecular weight is 334 g/mol. The number of aromatic nitrogens is 4. The molecule has 1 N–H and O–H groups in total. The number of benzene rings is 2. The van der Waals surface area contributed by atoms with Gasteiger partial charge < -0.3 is 4.98 Å². The molecule has 0 atom stereocenters. The van der Waals surface area contributed by atoms with Crippen molar-refractivity contribution in [2.45, 2.75) is 18.5 Å². The van der Waals surface area contributed by atoms with Crippen molar-refractivity contribution in [2.24, 2.45) is 0 Å². The highest BCUT2D eigenvalue weighted by molar-refractivity contribution is 7.98. The Morgan fingerprint density at radius 1 is 1.08 bits per heavy atom. The number of aryl methyl sites for hydroxylation is 1. The van der Waals surface area contributed by atoms with Crippen LogP contribution in [0, 0.1) is 6.92 Å². The molecule has 0 amide bonds. The molecule has 4 nitrogen and oxygen atoms in total. The highest BCUT2D eigenvalue weighted by Crippen LogP contribution is 2.25. The molecule has 0 aliphatic rings. The number of nitrogens with zero attached hydrogens (tertiary/aromatic N) is 3. The SMILES string of the molecule is CSc1nccn1-c1ccccc1Cc1cccc2[nH]c(C)nc12. The number of H-pyrrole nitrogens is 1. The van der Waals surface area contributed by atoms with Crippen molar-refractivity contribution in [1.29, 1.82) is 0 Å². The smallest absolute Gasteiger partial charge is 0.172 e. The number of nitrogens with one attached hydrogen (secondary N) is 1. The molecule has 0 aliphatic carbocycles. The van der Waals surface area contributed by atoms with E-state index in [4.69, 9.17) is 0 Å². The van der Waals surface area contributed by atoms with Crippen LogP contribution in [0.2, 0.25) is 0 Å². The van der Waals surface area contributed by atoms with Gasteiger partial charge in [-0.25, -0.2) is 9.97 Å². The Balaban J connectivity index is 1.80. The van der Waals surface area contributed by atoms with Crippen LogP contribution in [0.1, 0.15) is 17.0 Å². The zero-order chi connectivity index (χ0) is 16.5. The Morgan fingerprint density at radius 2 is 1.92 bits per heavy atom.